The molecule has 4 nitrogen and oxygen atoms in total. The first kappa shape index (κ1) is 16.8. The third-order valence-electron chi connectivity index (χ3n) is 3.46. The number of para-hydroxylation sites is 1. The minimum absolute atomic E-state index is 0.0121. The standard InChI is InChI=1S/C18H11F3O4/c19-18(20,21)13-6-3-5-12(8-13)17(23)24-10-14(22)16-9-11-4-1-2-7-15(11)25-16/h1-9H,10H2. The summed E-state index contributed by atoms with van der Waals surface area (Å²) in [6.07, 6.45) is -4.57. The highest BCUT2D eigenvalue weighted by molar-refractivity contribution is 6.00. The second kappa shape index (κ2) is 6.43. The van der Waals surface area contributed by atoms with E-state index in [2.05, 4.69) is 0 Å². The lowest BCUT2D eigenvalue weighted by Crippen LogP contribution is -2.14. The second-order valence-corrected chi connectivity index (χ2v) is 5.23. The normalized spacial score (nSPS) is 11.5. The number of Topliss-reactive ketones (excluding diaryl/α,β-unsaturated/α-hetero) is 1. The molecule has 0 fully saturated rings. The van der Waals surface area contributed by atoms with Crippen LogP contribution in [0.1, 0.15) is 26.5 Å². The van der Waals surface area contributed by atoms with Crippen molar-refractivity contribution in [3.05, 3.63) is 71.5 Å². The first-order chi connectivity index (χ1) is 11.8. The van der Waals surface area contributed by atoms with Gasteiger partial charge in [0.05, 0.1) is 11.1 Å². The molecule has 0 radical (unpaired) electrons. The van der Waals surface area contributed by atoms with Crippen LogP contribution in [0.15, 0.2) is 59.0 Å². The van der Waals surface area contributed by atoms with Gasteiger partial charge >= 0.3 is 12.1 Å². The van der Waals surface area contributed by atoms with Crippen molar-refractivity contribution in [3.8, 4) is 0 Å². The van der Waals surface area contributed by atoms with Crippen LogP contribution in [-0.4, -0.2) is 18.4 Å². The molecule has 3 rings (SSSR count). The summed E-state index contributed by atoms with van der Waals surface area (Å²) in [4.78, 5) is 23.9. The van der Waals surface area contributed by atoms with Crippen LogP contribution < -0.4 is 0 Å². The SMILES string of the molecule is O=C(OCC(=O)c1cc2ccccc2o1)c1cccc(C(F)(F)F)c1. The highest BCUT2D eigenvalue weighted by Crippen LogP contribution is 2.29. The van der Waals surface area contributed by atoms with Crippen LogP contribution in [0.5, 0.6) is 0 Å². The molecule has 0 saturated heterocycles. The maximum atomic E-state index is 12.6. The fraction of sp³-hybridized carbons (Fsp3) is 0.111. The summed E-state index contributed by atoms with van der Waals surface area (Å²) in [5.74, 6) is -1.59. The van der Waals surface area contributed by atoms with Crippen molar-refractivity contribution in [2.75, 3.05) is 6.61 Å². The van der Waals surface area contributed by atoms with E-state index in [1.54, 1.807) is 24.3 Å². The zero-order valence-electron chi connectivity index (χ0n) is 12.7. The topological polar surface area (TPSA) is 56.5 Å². The minimum atomic E-state index is -4.57. The molecule has 0 bridgehead atoms. The highest BCUT2D eigenvalue weighted by atomic mass is 19.4. The number of alkyl halides is 3. The molecule has 0 aliphatic carbocycles. The van der Waals surface area contributed by atoms with Crippen LogP contribution in [0.25, 0.3) is 11.0 Å². The van der Waals surface area contributed by atoms with Crippen molar-refractivity contribution in [3.63, 3.8) is 0 Å². The van der Waals surface area contributed by atoms with Crippen LogP contribution in [0.3, 0.4) is 0 Å². The summed E-state index contributed by atoms with van der Waals surface area (Å²) in [6.45, 7) is -0.630. The van der Waals surface area contributed by atoms with E-state index in [1.807, 2.05) is 0 Å². The summed E-state index contributed by atoms with van der Waals surface area (Å²) < 4.78 is 48.1. The first-order valence-corrected chi connectivity index (χ1v) is 7.21. The van der Waals surface area contributed by atoms with Crippen molar-refractivity contribution in [1.82, 2.24) is 0 Å². The Bertz CT molecular complexity index is 908. The molecule has 0 atom stereocenters. The van der Waals surface area contributed by atoms with Gasteiger partial charge in [-0.05, 0) is 30.3 Å². The number of carbonyl (C=O) groups is 2. The third kappa shape index (κ3) is 3.71. The van der Waals surface area contributed by atoms with E-state index in [0.717, 1.165) is 17.5 Å². The number of carbonyl (C=O) groups excluding carboxylic acids is 2. The number of hydrogen-bond donors (Lipinski definition) is 0. The van der Waals surface area contributed by atoms with E-state index in [-0.39, 0.29) is 11.3 Å². The quantitative estimate of drug-likeness (QED) is 0.515. The molecular formula is C18H11F3O4. The maximum absolute atomic E-state index is 12.6. The van der Waals surface area contributed by atoms with Gasteiger partial charge in [0.15, 0.2) is 12.4 Å². The predicted octanol–water partition coefficient (Wildman–Crippen LogP) is 4.49. The van der Waals surface area contributed by atoms with Gasteiger partial charge in [-0.1, -0.05) is 24.3 Å². The summed E-state index contributed by atoms with van der Waals surface area (Å²) in [7, 11) is 0. The number of benzene rings is 2. The number of rotatable bonds is 4. The van der Waals surface area contributed by atoms with Gasteiger partial charge in [-0.2, -0.15) is 13.2 Å². The lowest BCUT2D eigenvalue weighted by Gasteiger charge is -2.08. The number of hydrogen-bond acceptors (Lipinski definition) is 4. The number of halogens is 3. The molecule has 0 amide bonds. The summed E-state index contributed by atoms with van der Waals surface area (Å²) in [5.41, 5.74) is -0.743. The Kier molecular flexibility index (Phi) is 4.31. The number of ketones is 1. The zero-order valence-corrected chi connectivity index (χ0v) is 12.7. The Balaban J connectivity index is 1.68. The van der Waals surface area contributed by atoms with Crippen LogP contribution in [-0.2, 0) is 10.9 Å². The van der Waals surface area contributed by atoms with Crippen molar-refractivity contribution >= 4 is 22.7 Å². The van der Waals surface area contributed by atoms with E-state index in [0.29, 0.717) is 11.6 Å². The van der Waals surface area contributed by atoms with Crippen molar-refractivity contribution < 1.29 is 31.9 Å². The molecule has 25 heavy (non-hydrogen) atoms. The van der Waals surface area contributed by atoms with Crippen LogP contribution in [0.4, 0.5) is 13.2 Å². The Morgan fingerprint density at radius 3 is 2.48 bits per heavy atom. The molecule has 0 aliphatic rings. The van der Waals surface area contributed by atoms with Gasteiger partial charge in [0.2, 0.25) is 5.78 Å². The molecule has 3 aromatic rings. The Morgan fingerprint density at radius 2 is 1.76 bits per heavy atom. The average Bonchev–Trinajstić information content (AvgIpc) is 3.03. The van der Waals surface area contributed by atoms with Gasteiger partial charge in [0.1, 0.15) is 5.58 Å². The van der Waals surface area contributed by atoms with Gasteiger partial charge in [0, 0.05) is 5.39 Å². The Labute approximate surface area is 139 Å². The first-order valence-electron chi connectivity index (χ1n) is 7.21. The summed E-state index contributed by atoms with van der Waals surface area (Å²) >= 11 is 0. The van der Waals surface area contributed by atoms with Gasteiger partial charge < -0.3 is 9.15 Å². The van der Waals surface area contributed by atoms with Crippen molar-refractivity contribution in [1.29, 1.82) is 0 Å². The van der Waals surface area contributed by atoms with E-state index >= 15 is 0 Å². The predicted molar refractivity (Wildman–Crippen MR) is 82.3 cm³/mol. The third-order valence-corrected chi connectivity index (χ3v) is 3.46. The van der Waals surface area contributed by atoms with Crippen LogP contribution in [0.2, 0.25) is 0 Å². The van der Waals surface area contributed by atoms with E-state index in [1.165, 1.54) is 12.1 Å². The monoisotopic (exact) mass is 348 g/mol. The Hall–Kier alpha value is -3.09. The maximum Gasteiger partial charge on any atom is 0.416 e. The van der Waals surface area contributed by atoms with Crippen molar-refractivity contribution in [2.45, 2.75) is 6.18 Å². The van der Waals surface area contributed by atoms with Gasteiger partial charge in [-0.3, -0.25) is 4.79 Å². The molecule has 0 unspecified atom stereocenters. The molecular weight excluding hydrogens is 337 g/mol. The second-order valence-electron chi connectivity index (χ2n) is 5.23. The lowest BCUT2D eigenvalue weighted by molar-refractivity contribution is -0.137. The fourth-order valence-electron chi connectivity index (χ4n) is 2.23. The average molecular weight is 348 g/mol. The number of fused-ring (bicyclic) bond motifs is 1. The largest absolute Gasteiger partial charge is 0.454 e. The van der Waals surface area contributed by atoms with Gasteiger partial charge in [-0.15, -0.1) is 0 Å². The minimum Gasteiger partial charge on any atom is -0.454 e. The van der Waals surface area contributed by atoms with Crippen LogP contribution >= 0.6 is 0 Å². The highest BCUT2D eigenvalue weighted by Gasteiger charge is 2.31. The number of furan rings is 1. The molecule has 0 N–H and O–H groups in total. The molecule has 2 aromatic carbocycles. The smallest absolute Gasteiger partial charge is 0.416 e. The van der Waals surface area contributed by atoms with Crippen LogP contribution in [0, 0.1) is 0 Å². The van der Waals surface area contributed by atoms with E-state index in [9.17, 15) is 22.8 Å². The van der Waals surface area contributed by atoms with E-state index in [4.69, 9.17) is 9.15 Å². The van der Waals surface area contributed by atoms with Gasteiger partial charge in [0.25, 0.3) is 0 Å². The molecule has 0 spiro atoms. The molecule has 7 heteroatoms. The summed E-state index contributed by atoms with van der Waals surface area (Å²) in [6, 6.07) is 12.3. The fourth-order valence-corrected chi connectivity index (χ4v) is 2.23. The number of ether oxygens (including phenoxy) is 1. The lowest BCUT2D eigenvalue weighted by atomic mass is 10.1. The summed E-state index contributed by atoms with van der Waals surface area (Å²) in [5, 5.41) is 0.718. The number of esters is 1. The zero-order chi connectivity index (χ0) is 18.0. The molecule has 128 valence electrons. The Morgan fingerprint density at radius 1 is 1.00 bits per heavy atom. The van der Waals surface area contributed by atoms with E-state index < -0.39 is 30.1 Å². The molecule has 0 aliphatic heterocycles. The molecule has 1 heterocycles. The molecule has 1 aromatic heterocycles. The van der Waals surface area contributed by atoms with Gasteiger partial charge in [-0.25, -0.2) is 4.79 Å². The van der Waals surface area contributed by atoms with Crippen molar-refractivity contribution in [2.24, 2.45) is 0 Å². The molecule has 0 saturated carbocycles.